The first-order chi connectivity index (χ1) is 8.45. The zero-order valence-electron chi connectivity index (χ0n) is 9.93. The van der Waals surface area contributed by atoms with E-state index in [2.05, 4.69) is 5.32 Å². The molecule has 0 bridgehead atoms. The van der Waals surface area contributed by atoms with Gasteiger partial charge in [-0.3, -0.25) is 19.7 Å². The third-order valence-electron chi connectivity index (χ3n) is 2.20. The molecule has 1 amide bonds. The molecule has 0 heterocycles. The first-order valence-electron chi connectivity index (χ1n) is 5.08. The van der Waals surface area contributed by atoms with Gasteiger partial charge in [0.15, 0.2) is 0 Å². The van der Waals surface area contributed by atoms with Crippen LogP contribution in [0, 0.1) is 10.1 Å². The fourth-order valence-electron chi connectivity index (χ4n) is 1.32. The molecule has 96 valence electrons. The van der Waals surface area contributed by atoms with Crippen LogP contribution in [0.3, 0.4) is 0 Å². The maximum atomic E-state index is 11.3. The number of hydrogen-bond acceptors (Lipinski definition) is 5. The normalized spacial score (nSPS) is 9.67. The second-order valence-corrected chi connectivity index (χ2v) is 3.46. The lowest BCUT2D eigenvalue weighted by Gasteiger charge is -2.05. The first-order valence-corrected chi connectivity index (χ1v) is 5.08. The third kappa shape index (κ3) is 3.27. The summed E-state index contributed by atoms with van der Waals surface area (Å²) in [6.07, 6.45) is 0. The van der Waals surface area contributed by atoms with Gasteiger partial charge in [0.2, 0.25) is 0 Å². The van der Waals surface area contributed by atoms with Crippen LogP contribution in [-0.4, -0.2) is 23.8 Å². The maximum Gasteiger partial charge on any atom is 0.302 e. The van der Waals surface area contributed by atoms with Crippen molar-refractivity contribution in [3.8, 4) is 0 Å². The molecule has 18 heavy (non-hydrogen) atoms. The number of carbonyl (C=O) groups excluding carboxylic acids is 2. The number of hydrogen-bond donors (Lipinski definition) is 1. The minimum Gasteiger partial charge on any atom is -0.461 e. The number of ether oxygens (including phenoxy) is 1. The Labute approximate surface area is 103 Å². The molecular weight excluding hydrogens is 240 g/mol. The number of carbonyl (C=O) groups is 2. The predicted molar refractivity (Wildman–Crippen MR) is 62.0 cm³/mol. The molecule has 0 saturated heterocycles. The van der Waals surface area contributed by atoms with E-state index in [1.54, 1.807) is 0 Å². The molecule has 1 aromatic carbocycles. The van der Waals surface area contributed by atoms with Gasteiger partial charge in [-0.2, -0.15) is 0 Å². The molecule has 0 aliphatic carbocycles. The molecule has 7 nitrogen and oxygen atoms in total. The Kier molecular flexibility index (Phi) is 4.36. The number of nitro benzene ring substituents is 1. The van der Waals surface area contributed by atoms with Crippen molar-refractivity contribution in [2.45, 2.75) is 13.5 Å². The van der Waals surface area contributed by atoms with Crippen molar-refractivity contribution < 1.29 is 19.2 Å². The van der Waals surface area contributed by atoms with E-state index in [1.165, 1.54) is 26.1 Å². The zero-order valence-corrected chi connectivity index (χ0v) is 9.93. The van der Waals surface area contributed by atoms with Gasteiger partial charge >= 0.3 is 5.97 Å². The van der Waals surface area contributed by atoms with E-state index in [-0.39, 0.29) is 23.4 Å². The largest absolute Gasteiger partial charge is 0.461 e. The Balaban J connectivity index is 3.08. The van der Waals surface area contributed by atoms with Crippen LogP contribution in [-0.2, 0) is 16.1 Å². The van der Waals surface area contributed by atoms with Gasteiger partial charge in [0, 0.05) is 25.6 Å². The van der Waals surface area contributed by atoms with Crippen LogP contribution in [0.1, 0.15) is 22.8 Å². The average Bonchev–Trinajstić information content (AvgIpc) is 2.34. The van der Waals surface area contributed by atoms with Crippen molar-refractivity contribution in [3.63, 3.8) is 0 Å². The van der Waals surface area contributed by atoms with Crippen molar-refractivity contribution in [3.05, 3.63) is 39.4 Å². The van der Waals surface area contributed by atoms with Crippen LogP contribution in [0.15, 0.2) is 18.2 Å². The zero-order chi connectivity index (χ0) is 13.7. The van der Waals surface area contributed by atoms with Crippen LogP contribution in [0.5, 0.6) is 0 Å². The highest BCUT2D eigenvalue weighted by Gasteiger charge is 2.17. The molecule has 0 unspecified atom stereocenters. The SMILES string of the molecule is CNC(=O)c1ccc(COC(C)=O)c([N+](=O)[O-])c1. The lowest BCUT2D eigenvalue weighted by molar-refractivity contribution is -0.385. The van der Waals surface area contributed by atoms with E-state index >= 15 is 0 Å². The molecule has 1 N–H and O–H groups in total. The van der Waals surface area contributed by atoms with Crippen LogP contribution in [0.25, 0.3) is 0 Å². The summed E-state index contributed by atoms with van der Waals surface area (Å²) in [5, 5.41) is 13.2. The number of rotatable bonds is 4. The third-order valence-corrected chi connectivity index (χ3v) is 2.20. The van der Waals surface area contributed by atoms with Crippen LogP contribution >= 0.6 is 0 Å². The molecule has 0 radical (unpaired) electrons. The Morgan fingerprint density at radius 2 is 2.11 bits per heavy atom. The van der Waals surface area contributed by atoms with E-state index in [0.29, 0.717) is 0 Å². The van der Waals surface area contributed by atoms with Crippen molar-refractivity contribution >= 4 is 17.6 Å². The van der Waals surface area contributed by atoms with Crippen molar-refractivity contribution in [2.24, 2.45) is 0 Å². The molecule has 0 aliphatic heterocycles. The molecule has 0 spiro atoms. The fraction of sp³-hybridized carbons (Fsp3) is 0.273. The average molecular weight is 252 g/mol. The molecule has 1 aromatic rings. The molecule has 0 aromatic heterocycles. The molecule has 0 fully saturated rings. The minimum absolute atomic E-state index is 0.177. The lowest BCUT2D eigenvalue weighted by Crippen LogP contribution is -2.18. The van der Waals surface area contributed by atoms with Gasteiger partial charge in [-0.05, 0) is 12.1 Å². The number of nitro groups is 1. The topological polar surface area (TPSA) is 98.5 Å². The van der Waals surface area contributed by atoms with Crippen molar-refractivity contribution in [1.29, 1.82) is 0 Å². The molecule has 7 heteroatoms. The number of esters is 1. The Morgan fingerprint density at radius 3 is 2.61 bits per heavy atom. The number of nitrogens with zero attached hydrogens (tertiary/aromatic N) is 1. The summed E-state index contributed by atoms with van der Waals surface area (Å²) in [7, 11) is 1.43. The molecular formula is C11H12N2O5. The molecule has 0 atom stereocenters. The highest BCUT2D eigenvalue weighted by molar-refractivity contribution is 5.94. The Hall–Kier alpha value is -2.44. The van der Waals surface area contributed by atoms with E-state index < -0.39 is 16.8 Å². The van der Waals surface area contributed by atoms with Crippen molar-refractivity contribution in [2.75, 3.05) is 7.05 Å². The quantitative estimate of drug-likeness (QED) is 0.490. The highest BCUT2D eigenvalue weighted by atomic mass is 16.6. The summed E-state index contributed by atoms with van der Waals surface area (Å²) in [5.74, 6) is -0.947. The summed E-state index contributed by atoms with van der Waals surface area (Å²) in [6.45, 7) is 1.02. The van der Waals surface area contributed by atoms with Crippen LogP contribution < -0.4 is 5.32 Å². The van der Waals surface area contributed by atoms with Gasteiger partial charge in [0.1, 0.15) is 6.61 Å². The first kappa shape index (κ1) is 13.6. The summed E-state index contributed by atoms with van der Waals surface area (Å²) in [4.78, 5) is 32.3. The van der Waals surface area contributed by atoms with E-state index in [4.69, 9.17) is 4.74 Å². The predicted octanol–water partition coefficient (Wildman–Crippen LogP) is 1.02. The van der Waals surface area contributed by atoms with E-state index in [1.807, 2.05) is 0 Å². The van der Waals surface area contributed by atoms with Gasteiger partial charge < -0.3 is 10.1 Å². The summed E-state index contributed by atoms with van der Waals surface area (Å²) >= 11 is 0. The van der Waals surface area contributed by atoms with Gasteiger partial charge in [-0.1, -0.05) is 0 Å². The second-order valence-electron chi connectivity index (χ2n) is 3.46. The molecule has 0 saturated carbocycles. The summed E-state index contributed by atoms with van der Waals surface area (Å²) in [6, 6.07) is 3.98. The van der Waals surface area contributed by atoms with Gasteiger partial charge in [-0.15, -0.1) is 0 Å². The number of benzene rings is 1. The maximum absolute atomic E-state index is 11.3. The van der Waals surface area contributed by atoms with Crippen LogP contribution in [0.4, 0.5) is 5.69 Å². The molecule has 0 aliphatic rings. The molecule has 1 rings (SSSR count). The number of nitrogens with one attached hydrogen (secondary N) is 1. The summed E-state index contributed by atoms with van der Waals surface area (Å²) < 4.78 is 4.70. The fourth-order valence-corrected chi connectivity index (χ4v) is 1.32. The lowest BCUT2D eigenvalue weighted by atomic mass is 10.1. The summed E-state index contributed by atoms with van der Waals surface area (Å²) in [5.41, 5.74) is 0.163. The number of amides is 1. The van der Waals surface area contributed by atoms with Crippen molar-refractivity contribution in [1.82, 2.24) is 5.32 Å². The van der Waals surface area contributed by atoms with Gasteiger partial charge in [-0.25, -0.2) is 0 Å². The van der Waals surface area contributed by atoms with Gasteiger partial charge in [0.25, 0.3) is 11.6 Å². The van der Waals surface area contributed by atoms with E-state index in [0.717, 1.165) is 6.07 Å². The van der Waals surface area contributed by atoms with Gasteiger partial charge in [0.05, 0.1) is 10.5 Å². The smallest absolute Gasteiger partial charge is 0.302 e. The van der Waals surface area contributed by atoms with Crippen LogP contribution in [0.2, 0.25) is 0 Å². The Morgan fingerprint density at radius 1 is 1.44 bits per heavy atom. The second kappa shape index (κ2) is 5.76. The minimum atomic E-state index is -0.620. The monoisotopic (exact) mass is 252 g/mol. The Bertz CT molecular complexity index is 498. The highest BCUT2D eigenvalue weighted by Crippen LogP contribution is 2.21. The van der Waals surface area contributed by atoms with E-state index in [9.17, 15) is 19.7 Å². The standard InChI is InChI=1S/C11H12N2O5/c1-7(14)18-6-9-4-3-8(11(15)12-2)5-10(9)13(16)17/h3-5H,6H2,1-2H3,(H,12,15).